The van der Waals surface area contributed by atoms with Gasteiger partial charge in [-0.2, -0.15) is 0 Å². The fourth-order valence-electron chi connectivity index (χ4n) is 2.62. The van der Waals surface area contributed by atoms with Gasteiger partial charge >= 0.3 is 0 Å². The van der Waals surface area contributed by atoms with Gasteiger partial charge in [0, 0.05) is 5.56 Å². The van der Waals surface area contributed by atoms with Crippen LogP contribution < -0.4 is 14.8 Å². The Kier molecular flexibility index (Phi) is 6.68. The minimum atomic E-state index is -4.05. The number of rotatable bonds is 8. The van der Waals surface area contributed by atoms with Gasteiger partial charge in [0.1, 0.15) is 18.2 Å². The van der Waals surface area contributed by atoms with Crippen LogP contribution in [0.1, 0.15) is 15.9 Å². The maximum atomic E-state index is 13.8. The summed E-state index contributed by atoms with van der Waals surface area (Å²) in [6, 6.07) is 18.5. The van der Waals surface area contributed by atoms with E-state index in [4.69, 9.17) is 4.74 Å². The van der Waals surface area contributed by atoms with Crippen LogP contribution in [-0.2, 0) is 10.0 Å². The predicted octanol–water partition coefficient (Wildman–Crippen LogP) is 3.74. The third-order valence-electron chi connectivity index (χ3n) is 4.20. The van der Waals surface area contributed by atoms with Crippen molar-refractivity contribution < 1.29 is 22.3 Å². The number of hydrogen-bond acceptors (Lipinski definition) is 4. The minimum absolute atomic E-state index is 0.144. The Morgan fingerprint density at radius 3 is 2.47 bits per heavy atom. The molecule has 156 valence electrons. The first-order valence-electron chi connectivity index (χ1n) is 9.20. The summed E-state index contributed by atoms with van der Waals surface area (Å²) in [5.74, 6) is -0.434. The van der Waals surface area contributed by atoms with Crippen LogP contribution in [0, 0.1) is 12.7 Å². The van der Waals surface area contributed by atoms with E-state index < -0.39 is 21.7 Å². The molecule has 0 aromatic heterocycles. The molecule has 8 heteroatoms. The molecule has 0 aliphatic heterocycles. The molecular formula is C22H21FN2O4S. The molecular weight excluding hydrogens is 407 g/mol. The molecule has 0 bridgehead atoms. The van der Waals surface area contributed by atoms with Gasteiger partial charge in [0.15, 0.2) is 0 Å². The summed E-state index contributed by atoms with van der Waals surface area (Å²) in [4.78, 5) is 12.2. The fourth-order valence-corrected chi connectivity index (χ4v) is 3.73. The lowest BCUT2D eigenvalue weighted by atomic mass is 10.2. The van der Waals surface area contributed by atoms with E-state index >= 15 is 0 Å². The molecule has 0 heterocycles. The number of amides is 1. The van der Waals surface area contributed by atoms with Crippen LogP contribution in [-0.4, -0.2) is 27.5 Å². The summed E-state index contributed by atoms with van der Waals surface area (Å²) in [6.45, 7) is 2.49. The van der Waals surface area contributed by atoms with Crippen molar-refractivity contribution in [2.75, 3.05) is 17.9 Å². The summed E-state index contributed by atoms with van der Waals surface area (Å²) < 4.78 is 46.6. The molecule has 3 rings (SSSR count). The zero-order valence-corrected chi connectivity index (χ0v) is 17.1. The van der Waals surface area contributed by atoms with Gasteiger partial charge in [-0.15, -0.1) is 0 Å². The minimum Gasteiger partial charge on any atom is -0.492 e. The lowest BCUT2D eigenvalue weighted by molar-refractivity contribution is 0.0947. The van der Waals surface area contributed by atoms with Crippen LogP contribution >= 0.6 is 0 Å². The van der Waals surface area contributed by atoms with Crippen molar-refractivity contribution in [3.8, 4) is 5.75 Å². The maximum absolute atomic E-state index is 13.8. The summed E-state index contributed by atoms with van der Waals surface area (Å²) in [6.07, 6.45) is 0. The number of carbonyl (C=O) groups is 1. The Morgan fingerprint density at radius 1 is 1.00 bits per heavy atom. The van der Waals surface area contributed by atoms with Crippen molar-refractivity contribution in [1.29, 1.82) is 0 Å². The van der Waals surface area contributed by atoms with Crippen molar-refractivity contribution >= 4 is 21.6 Å². The number of carbonyl (C=O) groups excluding carboxylic acids is 1. The van der Waals surface area contributed by atoms with Crippen molar-refractivity contribution in [2.24, 2.45) is 0 Å². The Morgan fingerprint density at radius 2 is 1.73 bits per heavy atom. The van der Waals surface area contributed by atoms with Gasteiger partial charge in [-0.3, -0.25) is 9.52 Å². The highest BCUT2D eigenvalue weighted by Gasteiger charge is 2.18. The fraction of sp³-hybridized carbons (Fsp3) is 0.136. The van der Waals surface area contributed by atoms with E-state index in [-0.39, 0.29) is 29.3 Å². The van der Waals surface area contributed by atoms with Gasteiger partial charge in [0.05, 0.1) is 17.1 Å². The normalized spacial score (nSPS) is 11.0. The van der Waals surface area contributed by atoms with Gasteiger partial charge in [0.25, 0.3) is 15.9 Å². The summed E-state index contributed by atoms with van der Waals surface area (Å²) in [5, 5.41) is 2.68. The van der Waals surface area contributed by atoms with Crippen LogP contribution in [0.5, 0.6) is 5.75 Å². The zero-order valence-electron chi connectivity index (χ0n) is 16.3. The molecule has 0 saturated heterocycles. The Hall–Kier alpha value is -3.39. The molecule has 0 unspecified atom stereocenters. The van der Waals surface area contributed by atoms with Crippen LogP contribution in [0.4, 0.5) is 10.1 Å². The number of ether oxygens (including phenoxy) is 1. The quantitative estimate of drug-likeness (QED) is 0.536. The Balaban J connectivity index is 1.60. The van der Waals surface area contributed by atoms with Gasteiger partial charge in [0.2, 0.25) is 0 Å². The van der Waals surface area contributed by atoms with Gasteiger partial charge < -0.3 is 10.1 Å². The van der Waals surface area contributed by atoms with Crippen molar-refractivity contribution in [1.82, 2.24) is 5.32 Å². The second-order valence-electron chi connectivity index (χ2n) is 6.53. The molecule has 0 radical (unpaired) electrons. The molecule has 0 aliphatic rings. The van der Waals surface area contributed by atoms with Crippen LogP contribution in [0.15, 0.2) is 77.7 Å². The SMILES string of the molecule is Cc1ccc(OCCNC(=O)c2cccc(S(=O)(=O)Nc3ccccc3F)c2)cc1. The van der Waals surface area contributed by atoms with E-state index in [1.807, 2.05) is 31.2 Å². The molecule has 6 nitrogen and oxygen atoms in total. The molecule has 0 spiro atoms. The summed E-state index contributed by atoms with van der Waals surface area (Å²) in [7, 11) is -4.05. The van der Waals surface area contributed by atoms with Crippen LogP contribution in [0.25, 0.3) is 0 Å². The lowest BCUT2D eigenvalue weighted by Gasteiger charge is -2.11. The number of nitrogens with one attached hydrogen (secondary N) is 2. The largest absolute Gasteiger partial charge is 0.492 e. The molecule has 1 amide bonds. The standard InChI is InChI=1S/C22H21FN2O4S/c1-16-9-11-18(12-10-16)29-14-13-24-22(26)17-5-4-6-19(15-17)30(27,28)25-21-8-3-2-7-20(21)23/h2-12,15,25H,13-14H2,1H3,(H,24,26). The van der Waals surface area contributed by atoms with Gasteiger partial charge in [-0.05, 0) is 49.4 Å². The molecule has 2 N–H and O–H groups in total. The number of aryl methyl sites for hydroxylation is 1. The first kappa shape index (κ1) is 21.3. The highest BCUT2D eigenvalue weighted by molar-refractivity contribution is 7.92. The number of anilines is 1. The molecule has 0 aliphatic carbocycles. The topological polar surface area (TPSA) is 84.5 Å². The molecule has 3 aromatic rings. The maximum Gasteiger partial charge on any atom is 0.262 e. The van der Waals surface area contributed by atoms with Crippen molar-refractivity contribution in [3.63, 3.8) is 0 Å². The average Bonchev–Trinajstić information content (AvgIpc) is 2.74. The van der Waals surface area contributed by atoms with Crippen molar-refractivity contribution in [2.45, 2.75) is 11.8 Å². The first-order valence-corrected chi connectivity index (χ1v) is 10.7. The van der Waals surface area contributed by atoms with E-state index in [1.54, 1.807) is 0 Å². The molecule has 0 atom stereocenters. The average molecular weight is 428 g/mol. The van der Waals surface area contributed by atoms with Gasteiger partial charge in [-0.1, -0.05) is 35.9 Å². The van der Waals surface area contributed by atoms with E-state index in [0.717, 1.165) is 11.6 Å². The highest BCUT2D eigenvalue weighted by atomic mass is 32.2. The second-order valence-corrected chi connectivity index (χ2v) is 8.21. The van der Waals surface area contributed by atoms with Crippen molar-refractivity contribution in [3.05, 3.63) is 89.7 Å². The van der Waals surface area contributed by atoms with E-state index in [2.05, 4.69) is 10.0 Å². The third-order valence-corrected chi connectivity index (χ3v) is 5.57. The summed E-state index contributed by atoms with van der Waals surface area (Å²) in [5.41, 5.74) is 1.12. The van der Waals surface area contributed by atoms with E-state index in [1.165, 1.54) is 42.5 Å². The Labute approximate surface area is 174 Å². The van der Waals surface area contributed by atoms with E-state index in [0.29, 0.717) is 5.75 Å². The molecule has 0 saturated carbocycles. The third kappa shape index (κ3) is 5.57. The first-order chi connectivity index (χ1) is 14.3. The zero-order chi connectivity index (χ0) is 21.6. The number of hydrogen-bond donors (Lipinski definition) is 2. The number of halogens is 1. The smallest absolute Gasteiger partial charge is 0.262 e. The summed E-state index contributed by atoms with van der Waals surface area (Å²) >= 11 is 0. The van der Waals surface area contributed by atoms with Gasteiger partial charge in [-0.25, -0.2) is 12.8 Å². The molecule has 3 aromatic carbocycles. The number of para-hydroxylation sites is 1. The monoisotopic (exact) mass is 428 g/mol. The molecule has 0 fully saturated rings. The van der Waals surface area contributed by atoms with Crippen LogP contribution in [0.2, 0.25) is 0 Å². The lowest BCUT2D eigenvalue weighted by Crippen LogP contribution is -2.28. The number of sulfonamides is 1. The molecule has 30 heavy (non-hydrogen) atoms. The predicted molar refractivity (Wildman–Crippen MR) is 113 cm³/mol. The highest BCUT2D eigenvalue weighted by Crippen LogP contribution is 2.19. The second kappa shape index (κ2) is 9.41. The Bertz CT molecular complexity index is 1130. The van der Waals surface area contributed by atoms with Crippen LogP contribution in [0.3, 0.4) is 0 Å². The number of benzene rings is 3. The van der Waals surface area contributed by atoms with E-state index in [9.17, 15) is 17.6 Å².